The number of allylic oxidation sites excluding steroid dienone is 1. The zero-order chi connectivity index (χ0) is 19.6. The number of benzene rings is 1. The Hall–Kier alpha value is -2.81. The van der Waals surface area contributed by atoms with Crippen molar-refractivity contribution in [2.45, 2.75) is 25.0 Å². The summed E-state index contributed by atoms with van der Waals surface area (Å²) < 4.78 is 11.7. The molecule has 1 aromatic carbocycles. The highest BCUT2D eigenvalue weighted by molar-refractivity contribution is 7.98. The van der Waals surface area contributed by atoms with Gasteiger partial charge in [-0.3, -0.25) is 0 Å². The van der Waals surface area contributed by atoms with Gasteiger partial charge in [-0.1, -0.05) is 23.9 Å². The average Bonchev–Trinajstić information content (AvgIpc) is 3.09. The molecule has 0 spiro atoms. The Balaban J connectivity index is 2.11. The molecule has 0 amide bonds. The Morgan fingerprint density at radius 3 is 2.56 bits per heavy atom. The number of rotatable bonds is 5. The van der Waals surface area contributed by atoms with Gasteiger partial charge in [0.05, 0.1) is 24.9 Å². The summed E-state index contributed by atoms with van der Waals surface area (Å²) in [7, 11) is 1.33. The van der Waals surface area contributed by atoms with E-state index < -0.39 is 18.0 Å². The predicted octanol–water partition coefficient (Wildman–Crippen LogP) is 2.64. The van der Waals surface area contributed by atoms with Gasteiger partial charge in [-0.25, -0.2) is 14.3 Å². The molecule has 0 unspecified atom stereocenters. The average molecular weight is 388 g/mol. The van der Waals surface area contributed by atoms with Crippen LogP contribution in [0.15, 0.2) is 40.7 Å². The smallest absolute Gasteiger partial charge is 0.338 e. The number of nitrogens with one attached hydrogen (secondary N) is 1. The highest BCUT2D eigenvalue weighted by atomic mass is 32.2. The van der Waals surface area contributed by atoms with Crippen molar-refractivity contribution in [2.24, 2.45) is 0 Å². The minimum absolute atomic E-state index is 0.268. The van der Waals surface area contributed by atoms with Crippen LogP contribution in [-0.2, 0) is 14.3 Å². The molecule has 9 heteroatoms. The Morgan fingerprint density at radius 1 is 1.26 bits per heavy atom. The van der Waals surface area contributed by atoms with E-state index in [1.54, 1.807) is 42.8 Å². The van der Waals surface area contributed by atoms with E-state index in [-0.39, 0.29) is 6.61 Å². The molecule has 0 saturated heterocycles. The molecule has 1 atom stereocenters. The number of esters is 2. The Morgan fingerprint density at radius 2 is 1.96 bits per heavy atom. The van der Waals surface area contributed by atoms with Crippen molar-refractivity contribution in [2.75, 3.05) is 25.3 Å². The van der Waals surface area contributed by atoms with Crippen LogP contribution in [0.1, 0.15) is 35.8 Å². The molecule has 2 heterocycles. The summed E-state index contributed by atoms with van der Waals surface area (Å²) in [6.45, 7) is 3.83. The van der Waals surface area contributed by atoms with Gasteiger partial charge in [-0.05, 0) is 37.8 Å². The number of hydrogen-bond donors (Lipinski definition) is 1. The number of fused-ring (bicyclic) bond motifs is 1. The summed E-state index contributed by atoms with van der Waals surface area (Å²) >= 11 is 1.41. The zero-order valence-electron chi connectivity index (χ0n) is 15.5. The molecular formula is C18H20N4O4S. The van der Waals surface area contributed by atoms with Gasteiger partial charge in [0.15, 0.2) is 0 Å². The van der Waals surface area contributed by atoms with Crippen molar-refractivity contribution in [3.8, 4) is 0 Å². The van der Waals surface area contributed by atoms with Crippen LogP contribution in [-0.4, -0.2) is 46.7 Å². The zero-order valence-corrected chi connectivity index (χ0v) is 16.3. The fourth-order valence-electron chi connectivity index (χ4n) is 2.92. The second-order valence-electron chi connectivity index (χ2n) is 5.77. The molecular weight excluding hydrogens is 368 g/mol. The van der Waals surface area contributed by atoms with Crippen LogP contribution < -0.4 is 5.32 Å². The van der Waals surface area contributed by atoms with Gasteiger partial charge >= 0.3 is 11.9 Å². The Bertz CT molecular complexity index is 905. The van der Waals surface area contributed by atoms with E-state index in [4.69, 9.17) is 9.47 Å². The third-order valence-electron chi connectivity index (χ3n) is 4.16. The summed E-state index contributed by atoms with van der Waals surface area (Å²) in [5, 5.41) is 8.21. The normalized spacial score (nSPS) is 15.8. The van der Waals surface area contributed by atoms with Gasteiger partial charge in [0.25, 0.3) is 0 Å². The van der Waals surface area contributed by atoms with E-state index >= 15 is 0 Å². The number of methoxy groups -OCH3 is 1. The van der Waals surface area contributed by atoms with Crippen molar-refractivity contribution in [1.29, 1.82) is 0 Å². The fourth-order valence-corrected chi connectivity index (χ4v) is 3.27. The second kappa shape index (κ2) is 7.83. The Kier molecular flexibility index (Phi) is 5.50. The molecule has 1 aliphatic rings. The Labute approximate surface area is 160 Å². The van der Waals surface area contributed by atoms with Gasteiger partial charge < -0.3 is 14.8 Å². The van der Waals surface area contributed by atoms with Crippen LogP contribution in [0.25, 0.3) is 0 Å². The number of ether oxygens (including phenoxy) is 2. The van der Waals surface area contributed by atoms with Gasteiger partial charge in [0, 0.05) is 5.70 Å². The lowest BCUT2D eigenvalue weighted by molar-refractivity contribution is -0.139. The van der Waals surface area contributed by atoms with Crippen LogP contribution in [0.3, 0.4) is 0 Å². The summed E-state index contributed by atoms with van der Waals surface area (Å²) in [5.74, 6) is -0.293. The van der Waals surface area contributed by atoms with Crippen molar-refractivity contribution in [3.05, 3.63) is 46.7 Å². The minimum atomic E-state index is -0.514. The van der Waals surface area contributed by atoms with E-state index in [2.05, 4.69) is 15.4 Å². The minimum Gasteiger partial charge on any atom is -0.465 e. The van der Waals surface area contributed by atoms with E-state index in [1.807, 2.05) is 6.26 Å². The van der Waals surface area contributed by atoms with Crippen LogP contribution in [0.2, 0.25) is 0 Å². The number of carbonyl (C=O) groups is 2. The van der Waals surface area contributed by atoms with Crippen LogP contribution >= 0.6 is 11.8 Å². The standard InChI is InChI=1S/C18H20N4O4S/c1-5-26-16(24)13-10(2)19-17-20-18(27-4)21-22(17)14(13)11-6-8-12(9-7-11)15(23)25-3/h6-9,14H,5H2,1-4H3,(H,19,20,21)/t14-/m1/s1. The molecule has 1 aliphatic heterocycles. The summed E-state index contributed by atoms with van der Waals surface area (Å²) in [5.41, 5.74) is 2.32. The molecule has 0 fully saturated rings. The lowest BCUT2D eigenvalue weighted by Crippen LogP contribution is -2.29. The van der Waals surface area contributed by atoms with Crippen LogP contribution in [0.5, 0.6) is 0 Å². The first-order valence-electron chi connectivity index (χ1n) is 8.33. The van der Waals surface area contributed by atoms with E-state index in [9.17, 15) is 9.59 Å². The van der Waals surface area contributed by atoms with Crippen molar-refractivity contribution >= 4 is 29.6 Å². The van der Waals surface area contributed by atoms with Crippen molar-refractivity contribution < 1.29 is 19.1 Å². The van der Waals surface area contributed by atoms with Crippen molar-refractivity contribution in [3.63, 3.8) is 0 Å². The first kappa shape index (κ1) is 19.0. The molecule has 1 N–H and O–H groups in total. The van der Waals surface area contributed by atoms with Crippen molar-refractivity contribution in [1.82, 2.24) is 14.8 Å². The van der Waals surface area contributed by atoms with E-state index in [1.165, 1.54) is 18.9 Å². The molecule has 8 nitrogen and oxygen atoms in total. The predicted molar refractivity (Wildman–Crippen MR) is 101 cm³/mol. The number of aromatic nitrogens is 3. The van der Waals surface area contributed by atoms with Gasteiger partial charge in [-0.2, -0.15) is 4.98 Å². The first-order valence-corrected chi connectivity index (χ1v) is 9.56. The number of nitrogens with zero attached hydrogens (tertiary/aromatic N) is 3. The number of thioether (sulfide) groups is 1. The SMILES string of the molecule is CCOC(=O)C1=C(C)Nc2nc(SC)nn2[C@@H]1c1ccc(C(=O)OC)cc1. The monoisotopic (exact) mass is 388 g/mol. The highest BCUT2D eigenvalue weighted by Gasteiger charge is 2.35. The molecule has 0 radical (unpaired) electrons. The maximum Gasteiger partial charge on any atom is 0.338 e. The third-order valence-corrected chi connectivity index (χ3v) is 4.70. The maximum absolute atomic E-state index is 12.6. The maximum atomic E-state index is 12.6. The van der Waals surface area contributed by atoms with Gasteiger partial charge in [-0.15, -0.1) is 5.10 Å². The quantitative estimate of drug-likeness (QED) is 0.617. The first-order chi connectivity index (χ1) is 13.0. The molecule has 0 saturated carbocycles. The topological polar surface area (TPSA) is 95.3 Å². The van der Waals surface area contributed by atoms with E-state index in [0.717, 1.165) is 5.56 Å². The summed E-state index contributed by atoms with van der Waals surface area (Å²) in [4.78, 5) is 28.8. The van der Waals surface area contributed by atoms with E-state index in [0.29, 0.717) is 27.9 Å². The summed E-state index contributed by atoms with van der Waals surface area (Å²) in [6.07, 6.45) is 1.88. The number of anilines is 1. The molecule has 3 rings (SSSR count). The molecule has 142 valence electrons. The van der Waals surface area contributed by atoms with Gasteiger partial charge in [0.1, 0.15) is 6.04 Å². The number of hydrogen-bond acceptors (Lipinski definition) is 8. The third kappa shape index (κ3) is 3.55. The van der Waals surface area contributed by atoms with Gasteiger partial charge in [0.2, 0.25) is 11.1 Å². The van der Waals surface area contributed by atoms with Crippen LogP contribution in [0, 0.1) is 0 Å². The highest BCUT2D eigenvalue weighted by Crippen LogP contribution is 2.36. The fraction of sp³-hybridized carbons (Fsp3) is 0.333. The molecule has 0 bridgehead atoms. The second-order valence-corrected chi connectivity index (χ2v) is 6.54. The molecule has 27 heavy (non-hydrogen) atoms. The van der Waals surface area contributed by atoms with Crippen LogP contribution in [0.4, 0.5) is 5.95 Å². The largest absolute Gasteiger partial charge is 0.465 e. The summed E-state index contributed by atoms with van der Waals surface area (Å²) in [6, 6.07) is 6.36. The lowest BCUT2D eigenvalue weighted by atomic mass is 9.95. The lowest BCUT2D eigenvalue weighted by Gasteiger charge is -2.28. The molecule has 0 aliphatic carbocycles. The number of carbonyl (C=O) groups excluding carboxylic acids is 2. The molecule has 2 aromatic rings. The molecule has 1 aromatic heterocycles.